The van der Waals surface area contributed by atoms with Crippen molar-refractivity contribution >= 4 is 17.5 Å². The number of nitrogens with one attached hydrogen (secondary N) is 2. The molecule has 5 nitrogen and oxygen atoms in total. The predicted octanol–water partition coefficient (Wildman–Crippen LogP) is 3.81. The molecule has 1 aromatic carbocycles. The third-order valence-electron chi connectivity index (χ3n) is 3.22. The second-order valence-electron chi connectivity index (χ2n) is 6.56. The van der Waals surface area contributed by atoms with E-state index in [0.29, 0.717) is 11.6 Å². The second kappa shape index (κ2) is 6.77. The van der Waals surface area contributed by atoms with E-state index in [9.17, 15) is 4.79 Å². The minimum absolute atomic E-state index is 0.170. The fourth-order valence-corrected chi connectivity index (χ4v) is 2.21. The Balaban J connectivity index is 2.25. The Kier molecular flexibility index (Phi) is 4.98. The summed E-state index contributed by atoms with van der Waals surface area (Å²) in [5, 5.41) is 6.14. The van der Waals surface area contributed by atoms with Crippen LogP contribution in [0.1, 0.15) is 49.4 Å². The molecule has 2 N–H and O–H groups in total. The average Bonchev–Trinajstić information content (AvgIpc) is 2.45. The largest absolute Gasteiger partial charge is 0.350 e. The zero-order valence-electron chi connectivity index (χ0n) is 14.4. The van der Waals surface area contributed by atoms with Gasteiger partial charge in [0.05, 0.1) is 0 Å². The highest BCUT2D eigenvalue weighted by Gasteiger charge is 2.15. The number of carbonyl (C=O) groups excluding carboxylic acids is 1. The number of rotatable bonds is 4. The molecular weight excluding hydrogens is 288 g/mol. The molecule has 2 rings (SSSR count). The zero-order valence-corrected chi connectivity index (χ0v) is 14.4. The average molecular weight is 312 g/mol. The van der Waals surface area contributed by atoms with Gasteiger partial charge in [0.2, 0.25) is 5.95 Å². The molecule has 0 fully saturated rings. The Hall–Kier alpha value is -2.43. The smallest absolute Gasteiger partial charge is 0.274 e. The topological polar surface area (TPSA) is 66.9 Å². The highest BCUT2D eigenvalue weighted by atomic mass is 16.1. The minimum atomic E-state index is -0.228. The van der Waals surface area contributed by atoms with Crippen LogP contribution in [0.3, 0.4) is 0 Å². The van der Waals surface area contributed by atoms with Gasteiger partial charge < -0.3 is 10.6 Å². The summed E-state index contributed by atoms with van der Waals surface area (Å²) in [4.78, 5) is 21.2. The van der Waals surface area contributed by atoms with E-state index in [2.05, 4.69) is 27.5 Å². The molecule has 2 aromatic rings. The fourth-order valence-electron chi connectivity index (χ4n) is 2.21. The van der Waals surface area contributed by atoms with Crippen molar-refractivity contribution in [1.82, 2.24) is 9.97 Å². The molecule has 122 valence electrons. The van der Waals surface area contributed by atoms with E-state index < -0.39 is 0 Å². The summed E-state index contributed by atoms with van der Waals surface area (Å²) in [7, 11) is 0. The van der Waals surface area contributed by atoms with Gasteiger partial charge in [-0.1, -0.05) is 25.1 Å². The lowest BCUT2D eigenvalue weighted by molar-refractivity contribution is 0.102. The lowest BCUT2D eigenvalue weighted by Gasteiger charge is -2.21. The standard InChI is InChI=1S/C18H24N4O/c1-6-13-9-7-8-10-14(13)20-16(23)15-11-12(2)19-17(21-15)22-18(3,4)5/h7-11H,6H2,1-5H3,(H,20,23)(H,19,21,22). The van der Waals surface area contributed by atoms with Crippen LogP contribution in [0.4, 0.5) is 11.6 Å². The summed E-state index contributed by atoms with van der Waals surface area (Å²) in [6.45, 7) is 9.99. The van der Waals surface area contributed by atoms with E-state index in [1.807, 2.05) is 52.0 Å². The first-order valence-electron chi connectivity index (χ1n) is 7.81. The summed E-state index contributed by atoms with van der Waals surface area (Å²) < 4.78 is 0. The van der Waals surface area contributed by atoms with Crippen LogP contribution in [0.25, 0.3) is 0 Å². The van der Waals surface area contributed by atoms with Gasteiger partial charge in [-0.25, -0.2) is 9.97 Å². The number of anilines is 2. The molecule has 0 saturated carbocycles. The highest BCUT2D eigenvalue weighted by molar-refractivity contribution is 6.03. The van der Waals surface area contributed by atoms with Crippen molar-refractivity contribution in [2.75, 3.05) is 10.6 Å². The summed E-state index contributed by atoms with van der Waals surface area (Å²) in [6.07, 6.45) is 0.857. The molecule has 0 bridgehead atoms. The molecule has 0 spiro atoms. The van der Waals surface area contributed by atoms with E-state index in [4.69, 9.17) is 0 Å². The van der Waals surface area contributed by atoms with Crippen molar-refractivity contribution in [1.29, 1.82) is 0 Å². The minimum Gasteiger partial charge on any atom is -0.350 e. The van der Waals surface area contributed by atoms with Crippen LogP contribution in [0.5, 0.6) is 0 Å². The molecule has 1 aromatic heterocycles. The van der Waals surface area contributed by atoms with Crippen molar-refractivity contribution < 1.29 is 4.79 Å². The van der Waals surface area contributed by atoms with E-state index in [1.165, 1.54) is 0 Å². The normalized spacial score (nSPS) is 11.2. The van der Waals surface area contributed by atoms with Crippen LogP contribution in [0, 0.1) is 6.92 Å². The first kappa shape index (κ1) is 16.9. The van der Waals surface area contributed by atoms with Crippen LogP contribution < -0.4 is 10.6 Å². The van der Waals surface area contributed by atoms with Gasteiger partial charge >= 0.3 is 0 Å². The predicted molar refractivity (Wildman–Crippen MR) is 93.9 cm³/mol. The van der Waals surface area contributed by atoms with Crippen molar-refractivity contribution in [3.63, 3.8) is 0 Å². The Bertz CT molecular complexity index is 704. The Morgan fingerprint density at radius 1 is 1.17 bits per heavy atom. The number of aryl methyl sites for hydroxylation is 2. The van der Waals surface area contributed by atoms with Gasteiger partial charge in [-0.3, -0.25) is 4.79 Å². The SMILES string of the molecule is CCc1ccccc1NC(=O)c1cc(C)nc(NC(C)(C)C)n1. The van der Waals surface area contributed by atoms with Crippen LogP contribution >= 0.6 is 0 Å². The van der Waals surface area contributed by atoms with Gasteiger partial charge in [-0.15, -0.1) is 0 Å². The number of benzene rings is 1. The molecule has 5 heteroatoms. The Labute approximate surface area is 137 Å². The van der Waals surface area contributed by atoms with E-state index in [1.54, 1.807) is 6.07 Å². The van der Waals surface area contributed by atoms with Gasteiger partial charge in [0.25, 0.3) is 5.91 Å². The maximum Gasteiger partial charge on any atom is 0.274 e. The van der Waals surface area contributed by atoms with Gasteiger partial charge in [0, 0.05) is 16.9 Å². The van der Waals surface area contributed by atoms with Gasteiger partial charge in [-0.05, 0) is 51.8 Å². The lowest BCUT2D eigenvalue weighted by Crippen LogP contribution is -2.28. The number of hydrogen-bond acceptors (Lipinski definition) is 4. The van der Waals surface area contributed by atoms with Crippen molar-refractivity contribution in [2.45, 2.75) is 46.6 Å². The number of carbonyl (C=O) groups is 1. The maximum absolute atomic E-state index is 12.5. The molecule has 0 aliphatic heterocycles. The summed E-state index contributed by atoms with van der Waals surface area (Å²) in [5.74, 6) is 0.236. The third kappa shape index (κ3) is 4.77. The number of nitrogens with zero attached hydrogens (tertiary/aromatic N) is 2. The Morgan fingerprint density at radius 3 is 2.52 bits per heavy atom. The number of aromatic nitrogens is 2. The Morgan fingerprint density at radius 2 is 1.87 bits per heavy atom. The fraction of sp³-hybridized carbons (Fsp3) is 0.389. The maximum atomic E-state index is 12.5. The zero-order chi connectivity index (χ0) is 17.0. The molecule has 0 aliphatic rings. The molecule has 1 heterocycles. The summed E-state index contributed by atoms with van der Waals surface area (Å²) in [5.41, 5.74) is 2.85. The number of amides is 1. The molecule has 0 unspecified atom stereocenters. The lowest BCUT2D eigenvalue weighted by atomic mass is 10.1. The molecule has 1 amide bonds. The monoisotopic (exact) mass is 312 g/mol. The summed E-state index contributed by atoms with van der Waals surface area (Å²) in [6, 6.07) is 9.48. The van der Waals surface area contributed by atoms with Crippen LogP contribution in [-0.2, 0) is 6.42 Å². The third-order valence-corrected chi connectivity index (χ3v) is 3.22. The van der Waals surface area contributed by atoms with Crippen molar-refractivity contribution in [3.05, 3.63) is 47.3 Å². The molecule has 0 saturated heterocycles. The van der Waals surface area contributed by atoms with Crippen LogP contribution in [0.2, 0.25) is 0 Å². The van der Waals surface area contributed by atoms with E-state index >= 15 is 0 Å². The van der Waals surface area contributed by atoms with Crippen molar-refractivity contribution in [3.8, 4) is 0 Å². The first-order valence-corrected chi connectivity index (χ1v) is 7.81. The highest BCUT2D eigenvalue weighted by Crippen LogP contribution is 2.17. The molecule has 0 atom stereocenters. The van der Waals surface area contributed by atoms with Gasteiger partial charge in [-0.2, -0.15) is 0 Å². The second-order valence-corrected chi connectivity index (χ2v) is 6.56. The quantitative estimate of drug-likeness (QED) is 0.901. The van der Waals surface area contributed by atoms with E-state index in [0.717, 1.165) is 23.4 Å². The molecule has 0 radical (unpaired) electrons. The van der Waals surface area contributed by atoms with Crippen LogP contribution in [0.15, 0.2) is 30.3 Å². The summed E-state index contributed by atoms with van der Waals surface area (Å²) >= 11 is 0. The molecule has 0 aliphatic carbocycles. The molecule has 23 heavy (non-hydrogen) atoms. The van der Waals surface area contributed by atoms with E-state index in [-0.39, 0.29) is 11.4 Å². The number of para-hydroxylation sites is 1. The van der Waals surface area contributed by atoms with Gasteiger partial charge in [0.1, 0.15) is 5.69 Å². The van der Waals surface area contributed by atoms with Crippen molar-refractivity contribution in [2.24, 2.45) is 0 Å². The molecular formula is C18H24N4O. The first-order chi connectivity index (χ1) is 10.8. The van der Waals surface area contributed by atoms with Gasteiger partial charge in [0.15, 0.2) is 0 Å². The van der Waals surface area contributed by atoms with Crippen LogP contribution in [-0.4, -0.2) is 21.4 Å². The number of hydrogen-bond donors (Lipinski definition) is 2.